The number of nitrogens with one attached hydrogen (secondary N) is 2. The summed E-state index contributed by atoms with van der Waals surface area (Å²) in [6.45, 7) is -0.0379. The quantitative estimate of drug-likeness (QED) is 0.132. The molecule has 37 heavy (non-hydrogen) atoms. The lowest BCUT2D eigenvalue weighted by molar-refractivity contribution is -0.130. The Hall–Kier alpha value is -4.25. The van der Waals surface area contributed by atoms with Crippen LogP contribution >= 0.6 is 0 Å². The fraction of sp³-hybridized carbons (Fsp3) is 0.185. The van der Waals surface area contributed by atoms with E-state index in [4.69, 9.17) is 16.8 Å². The molecular weight excluding hydrogens is 477 g/mol. The first kappa shape index (κ1) is 27.3. The van der Waals surface area contributed by atoms with Crippen molar-refractivity contribution in [1.29, 1.82) is 0 Å². The summed E-state index contributed by atoms with van der Waals surface area (Å²) in [5.41, 5.74) is 11.9. The monoisotopic (exact) mass is 507 g/mol. The molecule has 1 atom stereocenters. The fourth-order valence-electron chi connectivity index (χ4n) is 3.68. The molecule has 0 heterocycles. The van der Waals surface area contributed by atoms with Gasteiger partial charge < -0.3 is 21.2 Å². The molecule has 0 fully saturated rings. The standard InChI is InChI=1S/C27H30FN5O4/c28-23-11-9-22(10-12-23)27(36)31-15-24(29)16-33(30)25(14-26(35)32-37)13-18-1-5-20(6-2-18)21-7-3-19(17-34)4-8-21/h1-12,16,25,34,37H,13-15,17,29-30H2,(H,31,36)(H,32,35)/b24-16-. The first-order valence-corrected chi connectivity index (χ1v) is 11.5. The van der Waals surface area contributed by atoms with Crippen molar-refractivity contribution in [2.24, 2.45) is 11.6 Å². The van der Waals surface area contributed by atoms with E-state index in [0.717, 1.165) is 22.3 Å². The maximum Gasteiger partial charge on any atom is 0.251 e. The van der Waals surface area contributed by atoms with Gasteiger partial charge in [-0.2, -0.15) is 0 Å². The largest absolute Gasteiger partial charge is 0.399 e. The van der Waals surface area contributed by atoms with Crippen LogP contribution in [0.2, 0.25) is 0 Å². The minimum absolute atomic E-state index is 0.0167. The number of hydrogen-bond acceptors (Lipinski definition) is 7. The third-order valence-electron chi connectivity index (χ3n) is 5.74. The Bertz CT molecular complexity index is 1220. The summed E-state index contributed by atoms with van der Waals surface area (Å²) < 4.78 is 13.0. The number of carbonyl (C=O) groups is 2. The number of rotatable bonds is 11. The predicted octanol–water partition coefficient (Wildman–Crippen LogP) is 2.20. The molecule has 194 valence electrons. The predicted molar refractivity (Wildman–Crippen MR) is 137 cm³/mol. The van der Waals surface area contributed by atoms with Crippen molar-refractivity contribution < 1.29 is 24.3 Å². The molecule has 2 amide bonds. The van der Waals surface area contributed by atoms with Crippen molar-refractivity contribution in [2.75, 3.05) is 6.54 Å². The van der Waals surface area contributed by atoms with Crippen molar-refractivity contribution in [2.45, 2.75) is 25.5 Å². The summed E-state index contributed by atoms with van der Waals surface area (Å²) in [7, 11) is 0. The number of hydrazine groups is 1. The Balaban J connectivity index is 1.65. The number of amides is 2. The van der Waals surface area contributed by atoms with Crippen LogP contribution in [0.5, 0.6) is 0 Å². The zero-order chi connectivity index (χ0) is 26.8. The van der Waals surface area contributed by atoms with Gasteiger partial charge >= 0.3 is 0 Å². The lowest BCUT2D eigenvalue weighted by Crippen LogP contribution is -2.42. The fourth-order valence-corrected chi connectivity index (χ4v) is 3.68. The minimum atomic E-state index is -0.613. The van der Waals surface area contributed by atoms with Crippen LogP contribution in [0.15, 0.2) is 84.7 Å². The van der Waals surface area contributed by atoms with Gasteiger partial charge in [0.05, 0.1) is 25.6 Å². The van der Waals surface area contributed by atoms with Gasteiger partial charge in [0, 0.05) is 17.5 Å². The molecular formula is C27H30FN5O4. The molecule has 0 aromatic heterocycles. The van der Waals surface area contributed by atoms with Gasteiger partial charge in [0.25, 0.3) is 5.91 Å². The average Bonchev–Trinajstić information content (AvgIpc) is 2.92. The number of halogens is 1. The lowest BCUT2D eigenvalue weighted by Gasteiger charge is -2.26. The normalized spacial score (nSPS) is 12.1. The number of carbonyl (C=O) groups excluding carboxylic acids is 2. The van der Waals surface area contributed by atoms with E-state index in [9.17, 15) is 19.1 Å². The van der Waals surface area contributed by atoms with Crippen LogP contribution < -0.4 is 22.4 Å². The molecule has 0 radical (unpaired) electrons. The number of nitrogens with zero attached hydrogens (tertiary/aromatic N) is 1. The van der Waals surface area contributed by atoms with Crippen LogP contribution in [-0.2, 0) is 17.8 Å². The number of aliphatic hydroxyl groups excluding tert-OH is 1. The first-order chi connectivity index (χ1) is 17.8. The molecule has 0 aliphatic rings. The second kappa shape index (κ2) is 13.2. The summed E-state index contributed by atoms with van der Waals surface area (Å²) in [6, 6.07) is 19.9. The van der Waals surface area contributed by atoms with E-state index >= 15 is 0 Å². The van der Waals surface area contributed by atoms with Gasteiger partial charge in [-0.15, -0.1) is 0 Å². The highest BCUT2D eigenvalue weighted by molar-refractivity contribution is 5.94. The van der Waals surface area contributed by atoms with E-state index in [1.54, 1.807) is 5.48 Å². The van der Waals surface area contributed by atoms with E-state index in [1.807, 2.05) is 48.5 Å². The first-order valence-electron chi connectivity index (χ1n) is 11.5. The Kier molecular flexibility index (Phi) is 9.73. The third kappa shape index (κ3) is 8.14. The van der Waals surface area contributed by atoms with E-state index in [0.29, 0.717) is 6.42 Å². The van der Waals surface area contributed by atoms with E-state index in [2.05, 4.69) is 5.32 Å². The van der Waals surface area contributed by atoms with Crippen molar-refractivity contribution >= 4 is 11.8 Å². The van der Waals surface area contributed by atoms with Crippen molar-refractivity contribution in [3.63, 3.8) is 0 Å². The van der Waals surface area contributed by atoms with Gasteiger partial charge in [-0.3, -0.25) is 14.8 Å². The van der Waals surface area contributed by atoms with Crippen LogP contribution in [0.1, 0.15) is 27.9 Å². The lowest BCUT2D eigenvalue weighted by atomic mass is 9.98. The Morgan fingerprint density at radius 2 is 1.51 bits per heavy atom. The van der Waals surface area contributed by atoms with Crippen molar-refractivity contribution in [3.05, 3.63) is 107 Å². The van der Waals surface area contributed by atoms with Crippen molar-refractivity contribution in [1.82, 2.24) is 15.8 Å². The minimum Gasteiger partial charge on any atom is -0.399 e. The van der Waals surface area contributed by atoms with Crippen LogP contribution in [0, 0.1) is 5.82 Å². The molecule has 0 spiro atoms. The smallest absolute Gasteiger partial charge is 0.251 e. The average molecular weight is 508 g/mol. The topological polar surface area (TPSA) is 154 Å². The molecule has 10 heteroatoms. The van der Waals surface area contributed by atoms with Gasteiger partial charge in [0.15, 0.2) is 0 Å². The molecule has 3 aromatic rings. The SMILES string of the molecule is N/C(=C\N(N)C(CC(=O)NO)Cc1ccc(-c2ccc(CO)cc2)cc1)CNC(=O)c1ccc(F)cc1. The molecule has 3 aromatic carbocycles. The molecule has 0 aliphatic carbocycles. The number of nitrogens with two attached hydrogens (primary N) is 2. The summed E-state index contributed by atoms with van der Waals surface area (Å²) in [4.78, 5) is 24.1. The van der Waals surface area contributed by atoms with Gasteiger partial charge in [-0.25, -0.2) is 15.7 Å². The van der Waals surface area contributed by atoms with Crippen LogP contribution in [-0.4, -0.2) is 39.7 Å². The summed E-state index contributed by atoms with van der Waals surface area (Å²) in [6.07, 6.45) is 1.68. The van der Waals surface area contributed by atoms with Crippen LogP contribution in [0.25, 0.3) is 11.1 Å². The van der Waals surface area contributed by atoms with E-state index in [-0.39, 0.29) is 30.8 Å². The van der Waals surface area contributed by atoms with Crippen LogP contribution in [0.4, 0.5) is 4.39 Å². The third-order valence-corrected chi connectivity index (χ3v) is 5.74. The summed E-state index contributed by atoms with van der Waals surface area (Å²) in [5.74, 6) is 4.71. The second-order valence-corrected chi connectivity index (χ2v) is 8.49. The Morgan fingerprint density at radius 1 is 0.946 bits per heavy atom. The zero-order valence-corrected chi connectivity index (χ0v) is 20.1. The summed E-state index contributed by atoms with van der Waals surface area (Å²) >= 11 is 0. The Morgan fingerprint density at radius 3 is 2.05 bits per heavy atom. The summed E-state index contributed by atoms with van der Waals surface area (Å²) in [5, 5.41) is 22.1. The van der Waals surface area contributed by atoms with Crippen molar-refractivity contribution in [3.8, 4) is 11.1 Å². The molecule has 3 rings (SSSR count). The number of hydroxylamine groups is 1. The van der Waals surface area contributed by atoms with Gasteiger partial charge in [-0.05, 0) is 52.9 Å². The molecule has 0 bridgehead atoms. The molecule has 8 N–H and O–H groups in total. The highest BCUT2D eigenvalue weighted by atomic mass is 19.1. The number of aliphatic hydroxyl groups is 1. The molecule has 1 unspecified atom stereocenters. The highest BCUT2D eigenvalue weighted by Crippen LogP contribution is 2.22. The van der Waals surface area contributed by atoms with Gasteiger partial charge in [0.1, 0.15) is 5.82 Å². The van der Waals surface area contributed by atoms with Gasteiger partial charge in [0.2, 0.25) is 5.91 Å². The maximum atomic E-state index is 13.0. The highest BCUT2D eigenvalue weighted by Gasteiger charge is 2.19. The second-order valence-electron chi connectivity index (χ2n) is 8.49. The van der Waals surface area contributed by atoms with E-state index < -0.39 is 23.7 Å². The molecule has 0 saturated heterocycles. The molecule has 9 nitrogen and oxygen atoms in total. The molecule has 0 aliphatic heterocycles. The maximum absolute atomic E-state index is 13.0. The molecule has 0 saturated carbocycles. The van der Waals surface area contributed by atoms with Gasteiger partial charge in [-0.1, -0.05) is 48.5 Å². The Labute approximate surface area is 214 Å². The number of benzene rings is 3. The van der Waals surface area contributed by atoms with Crippen LogP contribution in [0.3, 0.4) is 0 Å². The zero-order valence-electron chi connectivity index (χ0n) is 20.1. The van der Waals surface area contributed by atoms with E-state index in [1.165, 1.54) is 35.5 Å². The number of hydrogen-bond donors (Lipinski definition) is 6.